The maximum absolute atomic E-state index is 2.99. The Kier molecular flexibility index (Phi) is 7.59. The summed E-state index contributed by atoms with van der Waals surface area (Å²) in [6, 6.07) is 40.3. The van der Waals surface area contributed by atoms with Gasteiger partial charge in [-0.2, -0.15) is 6.08 Å². The van der Waals surface area contributed by atoms with Crippen LogP contribution in [0.5, 0.6) is 0 Å². The molecule has 1 heterocycles. The van der Waals surface area contributed by atoms with E-state index < -0.39 is 0 Å². The van der Waals surface area contributed by atoms with Crippen molar-refractivity contribution in [3.8, 4) is 22.3 Å². The third-order valence-electron chi connectivity index (χ3n) is 6.00. The number of hydrogen-bond donors (Lipinski definition) is 0. The molecule has 0 atom stereocenters. The van der Waals surface area contributed by atoms with Crippen LogP contribution in [0.1, 0.15) is 6.42 Å². The second kappa shape index (κ2) is 11.2. The molecule has 5 aromatic rings. The zero-order valence-electron chi connectivity index (χ0n) is 19.2. The van der Waals surface area contributed by atoms with Gasteiger partial charge in [-0.25, -0.2) is 12.2 Å². The van der Waals surface area contributed by atoms with Crippen molar-refractivity contribution in [1.29, 1.82) is 0 Å². The van der Waals surface area contributed by atoms with Crippen LogP contribution in [-0.2, 0) is 23.3 Å². The Morgan fingerprint density at radius 1 is 0.647 bits per heavy atom. The van der Waals surface area contributed by atoms with E-state index in [0.29, 0.717) is 5.43 Å². The van der Waals surface area contributed by atoms with Crippen molar-refractivity contribution >= 4 is 27.0 Å². The number of benzene rings is 4. The average Bonchev–Trinajstić information content (AvgIpc) is 3.34. The van der Waals surface area contributed by atoms with Crippen LogP contribution in [0.15, 0.2) is 121 Å². The van der Waals surface area contributed by atoms with Crippen LogP contribution < -0.4 is 0 Å². The molecule has 34 heavy (non-hydrogen) atoms. The van der Waals surface area contributed by atoms with Gasteiger partial charge in [0.25, 0.3) is 0 Å². The number of fused-ring (bicyclic) bond motifs is 3. The largest absolute Gasteiger partial charge is 0.126 e. The van der Waals surface area contributed by atoms with Gasteiger partial charge < -0.3 is 0 Å². The Hall–Kier alpha value is -2.67. The van der Waals surface area contributed by atoms with Gasteiger partial charge in [-0.1, -0.05) is 96.1 Å². The van der Waals surface area contributed by atoms with E-state index >= 15 is 0 Å². The molecule has 0 saturated carbocycles. The standard InChI is InChI=1S/C25H17.C5H5.C2H4Si.Zr/c1-3-7-18(8-4-1)20-11-13-24-22(15-20)17-23-16-21(12-14-25(23)24)19-9-5-2-6-10-19;1-2-4-5-3-1;1-2-3-1;/h1-17H;1-3H,4H2;1-2H2;/q2*-1;;+2. The minimum absolute atomic E-state index is 0.460. The number of allylic oxidation sites excluding steroid dienone is 4. The predicted octanol–water partition coefficient (Wildman–Crippen LogP) is 8.89. The summed E-state index contributed by atoms with van der Waals surface area (Å²) < 4.78 is 0. The first-order valence-corrected chi connectivity index (χ1v) is 17.4. The zero-order valence-corrected chi connectivity index (χ0v) is 22.6. The Balaban J connectivity index is 0.000000223. The Morgan fingerprint density at radius 2 is 1.15 bits per heavy atom. The minimum atomic E-state index is 0.460. The molecule has 0 unspecified atom stereocenters. The van der Waals surface area contributed by atoms with Crippen molar-refractivity contribution in [3.63, 3.8) is 0 Å². The SMILES string of the molecule is [C-]1=CC=CC1.[Zr+2]=[Si]1CC1.c1ccc(-c2ccc3c(c2)[cH-]c2cc(-c4ccccc4)ccc23)cc1. The van der Waals surface area contributed by atoms with Crippen LogP contribution in [0, 0.1) is 6.08 Å². The molecule has 1 fully saturated rings. The summed E-state index contributed by atoms with van der Waals surface area (Å²) in [5, 5.41) is 5.27. The summed E-state index contributed by atoms with van der Waals surface area (Å²) in [6.07, 6.45) is 10.0. The van der Waals surface area contributed by atoms with E-state index in [2.05, 4.69) is 115 Å². The molecule has 0 spiro atoms. The second-order valence-electron chi connectivity index (χ2n) is 8.59. The summed E-state index contributed by atoms with van der Waals surface area (Å²) in [5.41, 5.74) is 5.53. The monoisotopic (exact) mass is 528 g/mol. The molecule has 0 aromatic heterocycles. The zero-order chi connectivity index (χ0) is 23.2. The molecule has 1 aliphatic carbocycles. The summed E-state index contributed by atoms with van der Waals surface area (Å²) in [6.45, 7) is 0. The molecule has 2 aliphatic rings. The molecule has 0 radical (unpaired) electrons. The van der Waals surface area contributed by atoms with Crippen molar-refractivity contribution in [2.24, 2.45) is 0 Å². The second-order valence-corrected chi connectivity index (χ2v) is 16.0. The molecule has 1 saturated heterocycles. The summed E-state index contributed by atoms with van der Waals surface area (Å²) in [4.78, 5) is 0. The topological polar surface area (TPSA) is 0 Å². The van der Waals surface area contributed by atoms with Crippen molar-refractivity contribution in [2.45, 2.75) is 18.5 Å². The van der Waals surface area contributed by atoms with E-state index in [1.807, 2.05) is 35.5 Å². The quantitative estimate of drug-likeness (QED) is 0.158. The van der Waals surface area contributed by atoms with E-state index in [1.54, 1.807) is 12.1 Å². The van der Waals surface area contributed by atoms with Crippen molar-refractivity contribution in [2.75, 3.05) is 0 Å². The molecular weight excluding hydrogens is 504 g/mol. The van der Waals surface area contributed by atoms with Gasteiger partial charge in [-0.05, 0) is 11.1 Å². The maximum atomic E-state index is 2.99. The van der Waals surface area contributed by atoms with E-state index in [9.17, 15) is 0 Å². The van der Waals surface area contributed by atoms with Gasteiger partial charge >= 0.3 is 40.9 Å². The molecular formula is C32H26SiZr. The molecule has 0 N–H and O–H groups in total. The van der Waals surface area contributed by atoms with Crippen LogP contribution >= 0.6 is 0 Å². The fraction of sp³-hybridized carbons (Fsp3) is 0.0938. The molecule has 0 bridgehead atoms. The molecule has 5 aromatic carbocycles. The smallest absolute Gasteiger partial charge is 0.0259 e. The van der Waals surface area contributed by atoms with Gasteiger partial charge in [-0.3, -0.25) is 6.08 Å². The molecule has 0 amide bonds. The van der Waals surface area contributed by atoms with Gasteiger partial charge in [0.15, 0.2) is 0 Å². The Bertz CT molecular complexity index is 1360. The van der Waals surface area contributed by atoms with Gasteiger partial charge in [0.1, 0.15) is 0 Å². The van der Waals surface area contributed by atoms with E-state index in [4.69, 9.17) is 0 Å². The first kappa shape index (κ1) is 23.1. The first-order chi connectivity index (χ1) is 16.8. The predicted molar refractivity (Wildman–Crippen MR) is 145 cm³/mol. The molecule has 7 rings (SSSR count). The van der Waals surface area contributed by atoms with Crippen LogP contribution in [0.25, 0.3) is 43.8 Å². The van der Waals surface area contributed by atoms with Crippen molar-refractivity contribution in [3.05, 3.63) is 127 Å². The average molecular weight is 530 g/mol. The van der Waals surface area contributed by atoms with E-state index in [1.165, 1.54) is 43.8 Å². The fourth-order valence-electron chi connectivity index (χ4n) is 4.05. The Labute approximate surface area is 217 Å². The number of hydrogen-bond acceptors (Lipinski definition) is 0. The van der Waals surface area contributed by atoms with Crippen LogP contribution in [0.2, 0.25) is 12.1 Å². The van der Waals surface area contributed by atoms with Crippen LogP contribution in [-0.4, -0.2) is 5.43 Å². The summed E-state index contributed by atoms with van der Waals surface area (Å²) in [5.74, 6) is 0. The number of rotatable bonds is 2. The third kappa shape index (κ3) is 5.87. The van der Waals surface area contributed by atoms with E-state index in [-0.39, 0.29) is 0 Å². The van der Waals surface area contributed by atoms with Crippen molar-refractivity contribution < 1.29 is 23.3 Å². The maximum Gasteiger partial charge on any atom is -0.0259 e. The molecule has 1 aliphatic heterocycles. The summed E-state index contributed by atoms with van der Waals surface area (Å²) >= 11 is 1.85. The third-order valence-corrected chi connectivity index (χ3v) is 10.7. The van der Waals surface area contributed by atoms with Gasteiger partial charge in [0.2, 0.25) is 0 Å². The first-order valence-electron chi connectivity index (χ1n) is 11.8. The van der Waals surface area contributed by atoms with Crippen molar-refractivity contribution in [1.82, 2.24) is 0 Å². The van der Waals surface area contributed by atoms with E-state index in [0.717, 1.165) is 6.42 Å². The minimum Gasteiger partial charge on any atom is -0.126 e. The van der Waals surface area contributed by atoms with Crippen LogP contribution in [0.3, 0.4) is 0 Å². The fourth-order valence-corrected chi connectivity index (χ4v) is 7.31. The van der Waals surface area contributed by atoms with Gasteiger partial charge in [0.05, 0.1) is 0 Å². The molecule has 0 nitrogen and oxygen atoms in total. The van der Waals surface area contributed by atoms with Gasteiger partial charge in [0, 0.05) is 0 Å². The summed E-state index contributed by atoms with van der Waals surface area (Å²) in [7, 11) is 0. The molecule has 2 heteroatoms. The molecule has 162 valence electrons. The van der Waals surface area contributed by atoms with Gasteiger partial charge in [-0.15, -0.1) is 46.2 Å². The Morgan fingerprint density at radius 3 is 1.50 bits per heavy atom. The van der Waals surface area contributed by atoms with Crippen LogP contribution in [0.4, 0.5) is 0 Å². The normalized spacial score (nSPS) is 13.4.